The predicted molar refractivity (Wildman–Crippen MR) is 90.5 cm³/mol. The molecule has 21 heavy (non-hydrogen) atoms. The zero-order chi connectivity index (χ0) is 15.8. The molecular formula is C18H37NO2. The fourth-order valence-corrected chi connectivity index (χ4v) is 2.71. The van der Waals surface area contributed by atoms with Crippen molar-refractivity contribution >= 4 is 5.97 Å². The van der Waals surface area contributed by atoms with E-state index in [9.17, 15) is 4.79 Å². The molecule has 0 aromatic heterocycles. The fourth-order valence-electron chi connectivity index (χ4n) is 2.71. The van der Waals surface area contributed by atoms with E-state index in [1.165, 1.54) is 77.0 Å². The van der Waals surface area contributed by atoms with E-state index in [0.29, 0.717) is 12.5 Å². The maximum absolute atomic E-state index is 10.3. The first-order chi connectivity index (χ1) is 10.2. The molecule has 3 nitrogen and oxygen atoms in total. The first-order valence-corrected chi connectivity index (χ1v) is 9.14. The number of carboxylic acid groups (broad SMARTS) is 1. The number of rotatable bonds is 16. The van der Waals surface area contributed by atoms with Crippen LogP contribution in [-0.2, 0) is 4.79 Å². The molecule has 0 aliphatic rings. The van der Waals surface area contributed by atoms with Gasteiger partial charge in [-0.1, -0.05) is 77.6 Å². The molecule has 0 aromatic carbocycles. The standard InChI is InChI=1S/C18H37NO2/c1-2-3-14-17(19)15-12-10-8-6-4-5-7-9-11-13-16-18(20)21/h17H,2-16,19H2,1H3,(H,20,21). The third-order valence-electron chi connectivity index (χ3n) is 4.14. The molecule has 0 aromatic rings. The van der Waals surface area contributed by atoms with Gasteiger partial charge < -0.3 is 10.8 Å². The van der Waals surface area contributed by atoms with Crippen LogP contribution in [0, 0.1) is 0 Å². The van der Waals surface area contributed by atoms with E-state index >= 15 is 0 Å². The van der Waals surface area contributed by atoms with Crippen LogP contribution in [0.5, 0.6) is 0 Å². The Morgan fingerprint density at radius 3 is 1.71 bits per heavy atom. The van der Waals surface area contributed by atoms with Crippen LogP contribution in [0.4, 0.5) is 0 Å². The molecule has 0 amide bonds. The lowest BCUT2D eigenvalue weighted by atomic mass is 10.0. The van der Waals surface area contributed by atoms with E-state index in [1.807, 2.05) is 0 Å². The Balaban J connectivity index is 3.07. The molecule has 0 heterocycles. The van der Waals surface area contributed by atoms with Crippen molar-refractivity contribution in [3.8, 4) is 0 Å². The number of unbranched alkanes of at least 4 members (excludes halogenated alkanes) is 10. The smallest absolute Gasteiger partial charge is 0.303 e. The van der Waals surface area contributed by atoms with Gasteiger partial charge in [0.05, 0.1) is 0 Å². The Hall–Kier alpha value is -0.570. The van der Waals surface area contributed by atoms with Gasteiger partial charge >= 0.3 is 5.97 Å². The van der Waals surface area contributed by atoms with Gasteiger partial charge in [-0.25, -0.2) is 0 Å². The van der Waals surface area contributed by atoms with Gasteiger partial charge in [0.15, 0.2) is 0 Å². The minimum Gasteiger partial charge on any atom is -0.481 e. The third kappa shape index (κ3) is 17.4. The van der Waals surface area contributed by atoms with Gasteiger partial charge in [0.25, 0.3) is 0 Å². The van der Waals surface area contributed by atoms with Crippen LogP contribution in [0.1, 0.15) is 103 Å². The summed E-state index contributed by atoms with van der Waals surface area (Å²) in [5.74, 6) is -0.663. The zero-order valence-corrected chi connectivity index (χ0v) is 14.1. The Kier molecular flexibility index (Phi) is 15.4. The summed E-state index contributed by atoms with van der Waals surface area (Å²) >= 11 is 0. The quantitative estimate of drug-likeness (QED) is 0.382. The highest BCUT2D eigenvalue weighted by molar-refractivity contribution is 5.66. The van der Waals surface area contributed by atoms with Gasteiger partial charge in [0, 0.05) is 12.5 Å². The monoisotopic (exact) mass is 299 g/mol. The minimum atomic E-state index is -0.663. The molecule has 0 rings (SSSR count). The Morgan fingerprint density at radius 2 is 1.24 bits per heavy atom. The molecule has 0 fully saturated rings. The van der Waals surface area contributed by atoms with Crippen molar-refractivity contribution in [2.24, 2.45) is 5.73 Å². The summed E-state index contributed by atoms with van der Waals surface area (Å²) in [5.41, 5.74) is 6.06. The number of hydrogen-bond donors (Lipinski definition) is 2. The van der Waals surface area contributed by atoms with E-state index in [2.05, 4.69) is 6.92 Å². The molecule has 0 radical (unpaired) electrons. The number of hydrogen-bond acceptors (Lipinski definition) is 2. The summed E-state index contributed by atoms with van der Waals surface area (Å²) in [6.45, 7) is 2.22. The lowest BCUT2D eigenvalue weighted by molar-refractivity contribution is -0.137. The average molecular weight is 299 g/mol. The minimum absolute atomic E-state index is 0.334. The van der Waals surface area contributed by atoms with E-state index in [0.717, 1.165) is 12.8 Å². The van der Waals surface area contributed by atoms with Gasteiger partial charge in [0.1, 0.15) is 0 Å². The molecule has 0 bridgehead atoms. The van der Waals surface area contributed by atoms with E-state index < -0.39 is 5.97 Å². The fraction of sp³-hybridized carbons (Fsp3) is 0.944. The van der Waals surface area contributed by atoms with Crippen molar-refractivity contribution in [3.05, 3.63) is 0 Å². The van der Waals surface area contributed by atoms with E-state index in [4.69, 9.17) is 10.8 Å². The largest absolute Gasteiger partial charge is 0.481 e. The maximum atomic E-state index is 10.3. The second kappa shape index (κ2) is 15.8. The Bertz CT molecular complexity index is 231. The zero-order valence-electron chi connectivity index (χ0n) is 14.1. The summed E-state index contributed by atoms with van der Waals surface area (Å²) in [5, 5.41) is 8.53. The average Bonchev–Trinajstić information content (AvgIpc) is 2.45. The van der Waals surface area contributed by atoms with Gasteiger partial charge in [0.2, 0.25) is 0 Å². The van der Waals surface area contributed by atoms with Crippen LogP contribution >= 0.6 is 0 Å². The SMILES string of the molecule is CCCCC(N)CCCCCCCCCCCCC(=O)O. The second-order valence-corrected chi connectivity index (χ2v) is 6.37. The molecule has 126 valence electrons. The lowest BCUT2D eigenvalue weighted by Gasteiger charge is -2.10. The lowest BCUT2D eigenvalue weighted by Crippen LogP contribution is -2.19. The molecule has 0 spiro atoms. The van der Waals surface area contributed by atoms with Gasteiger partial charge in [-0.15, -0.1) is 0 Å². The number of carbonyl (C=O) groups is 1. The van der Waals surface area contributed by atoms with Crippen LogP contribution in [0.15, 0.2) is 0 Å². The molecule has 1 atom stereocenters. The van der Waals surface area contributed by atoms with Crippen LogP contribution in [-0.4, -0.2) is 17.1 Å². The second-order valence-electron chi connectivity index (χ2n) is 6.37. The molecule has 0 aliphatic carbocycles. The highest BCUT2D eigenvalue weighted by Crippen LogP contribution is 2.13. The van der Waals surface area contributed by atoms with Gasteiger partial charge in [-0.3, -0.25) is 4.79 Å². The van der Waals surface area contributed by atoms with Crippen LogP contribution in [0.3, 0.4) is 0 Å². The summed E-state index contributed by atoms with van der Waals surface area (Å²) in [7, 11) is 0. The van der Waals surface area contributed by atoms with Crippen molar-refractivity contribution < 1.29 is 9.90 Å². The Morgan fingerprint density at radius 1 is 0.810 bits per heavy atom. The predicted octanol–water partition coefficient (Wildman–Crippen LogP) is 5.27. The maximum Gasteiger partial charge on any atom is 0.303 e. The topological polar surface area (TPSA) is 63.3 Å². The summed E-state index contributed by atoms with van der Waals surface area (Å²) in [6.07, 6.45) is 17.6. The van der Waals surface area contributed by atoms with Crippen molar-refractivity contribution in [2.45, 2.75) is 109 Å². The van der Waals surface area contributed by atoms with Crippen molar-refractivity contribution in [3.63, 3.8) is 0 Å². The first kappa shape index (κ1) is 20.4. The van der Waals surface area contributed by atoms with Gasteiger partial charge in [-0.2, -0.15) is 0 Å². The van der Waals surface area contributed by atoms with Crippen molar-refractivity contribution in [1.82, 2.24) is 0 Å². The highest BCUT2D eigenvalue weighted by Gasteiger charge is 2.01. The highest BCUT2D eigenvalue weighted by atomic mass is 16.4. The summed E-state index contributed by atoms with van der Waals surface area (Å²) in [4.78, 5) is 10.3. The number of nitrogens with two attached hydrogens (primary N) is 1. The van der Waals surface area contributed by atoms with Crippen molar-refractivity contribution in [2.75, 3.05) is 0 Å². The van der Waals surface area contributed by atoms with Crippen LogP contribution in [0.2, 0.25) is 0 Å². The molecule has 1 unspecified atom stereocenters. The third-order valence-corrected chi connectivity index (χ3v) is 4.14. The molecule has 0 saturated heterocycles. The summed E-state index contributed by atoms with van der Waals surface area (Å²) < 4.78 is 0. The van der Waals surface area contributed by atoms with Crippen molar-refractivity contribution in [1.29, 1.82) is 0 Å². The Labute approximate surface area is 131 Å². The molecular weight excluding hydrogens is 262 g/mol. The normalized spacial score (nSPS) is 12.5. The first-order valence-electron chi connectivity index (χ1n) is 9.14. The molecule has 3 N–H and O–H groups in total. The van der Waals surface area contributed by atoms with Gasteiger partial charge in [-0.05, 0) is 19.3 Å². The number of carboxylic acids is 1. The molecule has 0 saturated carbocycles. The molecule has 0 aliphatic heterocycles. The van der Waals surface area contributed by atoms with E-state index in [-0.39, 0.29) is 0 Å². The summed E-state index contributed by atoms with van der Waals surface area (Å²) in [6, 6.07) is 0.427. The number of aliphatic carboxylic acids is 1. The van der Waals surface area contributed by atoms with Crippen LogP contribution < -0.4 is 5.73 Å². The van der Waals surface area contributed by atoms with E-state index in [1.54, 1.807) is 0 Å². The molecule has 3 heteroatoms. The van der Waals surface area contributed by atoms with Crippen LogP contribution in [0.25, 0.3) is 0 Å².